The van der Waals surface area contributed by atoms with Gasteiger partial charge in [0.2, 0.25) is 0 Å². The lowest BCUT2D eigenvalue weighted by Crippen LogP contribution is -2.19. The molecule has 0 aliphatic heterocycles. The van der Waals surface area contributed by atoms with Crippen LogP contribution in [-0.2, 0) is 16.2 Å². The SMILES string of the molecule is Cc1cc(C)n(Cc2cccc(C(N)=NOCC(=O)Nc3cc(C)on3)c2)n1. The number of amidine groups is 1. The number of amides is 1. The lowest BCUT2D eigenvalue weighted by molar-refractivity contribution is -0.120. The molecule has 3 N–H and O–H groups in total. The molecule has 3 aromatic rings. The van der Waals surface area contributed by atoms with Crippen molar-refractivity contribution in [3.05, 3.63) is 64.7 Å². The van der Waals surface area contributed by atoms with Crippen LogP contribution in [-0.4, -0.2) is 33.3 Å². The maximum atomic E-state index is 11.8. The number of aromatic nitrogens is 3. The second-order valence-electron chi connectivity index (χ2n) is 6.41. The molecule has 0 fully saturated rings. The van der Waals surface area contributed by atoms with E-state index in [-0.39, 0.29) is 12.4 Å². The summed E-state index contributed by atoms with van der Waals surface area (Å²) in [6, 6.07) is 11.2. The van der Waals surface area contributed by atoms with Crippen molar-refractivity contribution in [3.8, 4) is 0 Å². The number of hydrogen-bond donors (Lipinski definition) is 2. The fourth-order valence-corrected chi connectivity index (χ4v) is 2.65. The van der Waals surface area contributed by atoms with Crippen LogP contribution in [0.5, 0.6) is 0 Å². The topological polar surface area (TPSA) is 121 Å². The van der Waals surface area contributed by atoms with Crippen molar-refractivity contribution >= 4 is 17.6 Å². The molecule has 0 aliphatic rings. The van der Waals surface area contributed by atoms with Gasteiger partial charge in [-0.3, -0.25) is 9.48 Å². The molecule has 0 radical (unpaired) electrons. The third kappa shape index (κ3) is 4.97. The van der Waals surface area contributed by atoms with Crippen LogP contribution in [0.25, 0.3) is 0 Å². The molecule has 0 unspecified atom stereocenters. The fourth-order valence-electron chi connectivity index (χ4n) is 2.65. The normalized spacial score (nSPS) is 11.5. The van der Waals surface area contributed by atoms with Gasteiger partial charge < -0.3 is 20.4 Å². The van der Waals surface area contributed by atoms with E-state index in [4.69, 9.17) is 15.1 Å². The summed E-state index contributed by atoms with van der Waals surface area (Å²) in [5.74, 6) is 0.683. The molecule has 9 nitrogen and oxygen atoms in total. The number of aryl methyl sites for hydroxylation is 3. The predicted octanol–water partition coefficient (Wildman–Crippen LogP) is 2.12. The maximum absolute atomic E-state index is 11.8. The van der Waals surface area contributed by atoms with Crippen molar-refractivity contribution < 1.29 is 14.2 Å². The van der Waals surface area contributed by atoms with E-state index in [0.717, 1.165) is 17.0 Å². The number of carbonyl (C=O) groups excluding carboxylic acids is 1. The van der Waals surface area contributed by atoms with Crippen LogP contribution in [0.15, 0.2) is 46.1 Å². The minimum absolute atomic E-state index is 0.181. The van der Waals surface area contributed by atoms with E-state index in [2.05, 4.69) is 20.7 Å². The van der Waals surface area contributed by atoms with Crippen LogP contribution >= 0.6 is 0 Å². The van der Waals surface area contributed by atoms with E-state index < -0.39 is 5.91 Å². The maximum Gasteiger partial charge on any atom is 0.266 e. The number of rotatable bonds is 7. The van der Waals surface area contributed by atoms with Crippen LogP contribution in [0.3, 0.4) is 0 Å². The van der Waals surface area contributed by atoms with Gasteiger partial charge in [-0.2, -0.15) is 5.10 Å². The second-order valence-corrected chi connectivity index (χ2v) is 6.41. The molecule has 146 valence electrons. The lowest BCUT2D eigenvalue weighted by atomic mass is 10.1. The Labute approximate surface area is 162 Å². The quantitative estimate of drug-likeness (QED) is 0.367. The molecule has 28 heavy (non-hydrogen) atoms. The summed E-state index contributed by atoms with van der Waals surface area (Å²) in [6.07, 6.45) is 0. The summed E-state index contributed by atoms with van der Waals surface area (Å²) in [5.41, 5.74) is 9.76. The van der Waals surface area contributed by atoms with Crippen molar-refractivity contribution in [1.29, 1.82) is 0 Å². The summed E-state index contributed by atoms with van der Waals surface area (Å²) in [4.78, 5) is 16.8. The fraction of sp³-hybridized carbons (Fsp3) is 0.263. The van der Waals surface area contributed by atoms with Crippen LogP contribution in [0, 0.1) is 20.8 Å². The molecule has 9 heteroatoms. The third-order valence-electron chi connectivity index (χ3n) is 3.91. The zero-order valence-electron chi connectivity index (χ0n) is 16.0. The van der Waals surface area contributed by atoms with Gasteiger partial charge in [-0.25, -0.2) is 0 Å². The number of oxime groups is 1. The smallest absolute Gasteiger partial charge is 0.266 e. The van der Waals surface area contributed by atoms with E-state index in [9.17, 15) is 4.79 Å². The highest BCUT2D eigenvalue weighted by atomic mass is 16.6. The van der Waals surface area contributed by atoms with Gasteiger partial charge in [-0.05, 0) is 38.5 Å². The summed E-state index contributed by atoms with van der Waals surface area (Å²) in [5, 5.41) is 14.5. The molecular weight excluding hydrogens is 360 g/mol. The summed E-state index contributed by atoms with van der Waals surface area (Å²) in [7, 11) is 0. The van der Waals surface area contributed by atoms with Gasteiger partial charge in [-0.15, -0.1) is 0 Å². The van der Waals surface area contributed by atoms with Gasteiger partial charge >= 0.3 is 0 Å². The molecule has 0 aliphatic carbocycles. The minimum atomic E-state index is -0.414. The number of anilines is 1. The third-order valence-corrected chi connectivity index (χ3v) is 3.91. The predicted molar refractivity (Wildman–Crippen MR) is 104 cm³/mol. The molecule has 1 aromatic carbocycles. The molecule has 0 bridgehead atoms. The molecule has 2 heterocycles. The number of nitrogens with one attached hydrogen (secondary N) is 1. The molecule has 3 rings (SSSR count). The Balaban J connectivity index is 1.58. The van der Waals surface area contributed by atoms with Crippen LogP contribution in [0.4, 0.5) is 5.82 Å². The highest BCUT2D eigenvalue weighted by Gasteiger charge is 2.08. The van der Waals surface area contributed by atoms with Crippen molar-refractivity contribution in [2.24, 2.45) is 10.9 Å². The number of nitrogens with zero attached hydrogens (tertiary/aromatic N) is 4. The molecule has 1 amide bonds. The summed E-state index contributed by atoms with van der Waals surface area (Å²) in [6.45, 7) is 6.03. The van der Waals surface area contributed by atoms with E-state index in [1.807, 2.05) is 48.9 Å². The average molecular weight is 382 g/mol. The highest BCUT2D eigenvalue weighted by Crippen LogP contribution is 2.10. The van der Waals surface area contributed by atoms with Crippen molar-refractivity contribution in [1.82, 2.24) is 14.9 Å². The molecule has 0 saturated heterocycles. The highest BCUT2D eigenvalue weighted by molar-refractivity contribution is 5.97. The van der Waals surface area contributed by atoms with Crippen molar-refractivity contribution in [2.75, 3.05) is 11.9 Å². The Hall–Kier alpha value is -3.62. The molecule has 0 saturated carbocycles. The monoisotopic (exact) mass is 382 g/mol. The Bertz CT molecular complexity index is 1000. The van der Waals surface area contributed by atoms with E-state index in [0.29, 0.717) is 23.7 Å². The molecule has 2 aromatic heterocycles. The van der Waals surface area contributed by atoms with Crippen LogP contribution in [0.2, 0.25) is 0 Å². The number of carbonyl (C=O) groups is 1. The minimum Gasteiger partial charge on any atom is -0.384 e. The van der Waals surface area contributed by atoms with E-state index in [1.54, 1.807) is 13.0 Å². The Morgan fingerprint density at radius 3 is 2.79 bits per heavy atom. The number of nitrogens with two attached hydrogens (primary N) is 1. The molecule has 0 spiro atoms. The van der Waals surface area contributed by atoms with Gasteiger partial charge in [-0.1, -0.05) is 28.5 Å². The summed E-state index contributed by atoms with van der Waals surface area (Å²) < 4.78 is 6.79. The molecule has 0 atom stereocenters. The van der Waals surface area contributed by atoms with Crippen molar-refractivity contribution in [2.45, 2.75) is 27.3 Å². The first kappa shape index (κ1) is 19.2. The Morgan fingerprint density at radius 1 is 1.29 bits per heavy atom. The Kier molecular flexibility index (Phi) is 5.73. The van der Waals surface area contributed by atoms with Gasteiger partial charge in [0.1, 0.15) is 5.76 Å². The average Bonchev–Trinajstić information content (AvgIpc) is 3.19. The first-order valence-electron chi connectivity index (χ1n) is 8.69. The Morgan fingerprint density at radius 2 is 2.11 bits per heavy atom. The number of hydrogen-bond acceptors (Lipinski definition) is 6. The van der Waals surface area contributed by atoms with E-state index >= 15 is 0 Å². The first-order chi connectivity index (χ1) is 13.4. The lowest BCUT2D eigenvalue weighted by Gasteiger charge is -2.07. The largest absolute Gasteiger partial charge is 0.384 e. The van der Waals surface area contributed by atoms with Gasteiger partial charge in [0.15, 0.2) is 18.3 Å². The van der Waals surface area contributed by atoms with Crippen molar-refractivity contribution in [3.63, 3.8) is 0 Å². The second kappa shape index (κ2) is 8.38. The standard InChI is InChI=1S/C19H22N6O3/c1-12-7-13(2)25(22-12)10-15-5-4-6-16(9-15)19(20)24-27-11-18(26)21-17-8-14(3)28-23-17/h4-9H,10-11H2,1-3H3,(H2,20,24)(H,21,23,26). The zero-order chi connectivity index (χ0) is 20.1. The van der Waals surface area contributed by atoms with Crippen LogP contribution < -0.4 is 11.1 Å². The zero-order valence-corrected chi connectivity index (χ0v) is 16.0. The van der Waals surface area contributed by atoms with Gasteiger partial charge in [0, 0.05) is 17.3 Å². The first-order valence-corrected chi connectivity index (χ1v) is 8.69. The number of benzene rings is 1. The van der Waals surface area contributed by atoms with Crippen LogP contribution in [0.1, 0.15) is 28.3 Å². The van der Waals surface area contributed by atoms with E-state index in [1.165, 1.54) is 0 Å². The van der Waals surface area contributed by atoms with Gasteiger partial charge in [0.05, 0.1) is 12.2 Å². The summed E-state index contributed by atoms with van der Waals surface area (Å²) >= 11 is 0. The molecular formula is C19H22N6O3. The van der Waals surface area contributed by atoms with Gasteiger partial charge in [0.25, 0.3) is 5.91 Å².